The van der Waals surface area contributed by atoms with Gasteiger partial charge in [-0.3, -0.25) is 0 Å². The van der Waals surface area contributed by atoms with E-state index < -0.39 is 0 Å². The van der Waals surface area contributed by atoms with Gasteiger partial charge in [-0.05, 0) is 30.1 Å². The number of hydrogen-bond donors (Lipinski definition) is 0. The van der Waals surface area contributed by atoms with Gasteiger partial charge in [-0.25, -0.2) is 0 Å². The largest absolute Gasteiger partial charge is 0.0654 e. The molecular weight excluding hydrogens is 228 g/mol. The van der Waals surface area contributed by atoms with Crippen LogP contribution in [-0.4, -0.2) is 0 Å². The SMILES string of the molecule is CCCCCC(C)CCCC(C)C1CCCC(C)C1. The quantitative estimate of drug-likeness (QED) is 0.401. The van der Waals surface area contributed by atoms with Gasteiger partial charge in [0.15, 0.2) is 0 Å². The van der Waals surface area contributed by atoms with Crippen LogP contribution in [0.1, 0.15) is 98.3 Å². The van der Waals surface area contributed by atoms with Crippen molar-refractivity contribution in [3.63, 3.8) is 0 Å². The molecule has 1 aliphatic carbocycles. The lowest BCUT2D eigenvalue weighted by molar-refractivity contribution is 0.202. The van der Waals surface area contributed by atoms with E-state index in [2.05, 4.69) is 27.7 Å². The van der Waals surface area contributed by atoms with Gasteiger partial charge in [-0.15, -0.1) is 0 Å². The average molecular weight is 267 g/mol. The van der Waals surface area contributed by atoms with E-state index in [0.29, 0.717) is 0 Å². The summed E-state index contributed by atoms with van der Waals surface area (Å²) in [5.74, 6) is 3.97. The predicted molar refractivity (Wildman–Crippen MR) is 87.4 cm³/mol. The van der Waals surface area contributed by atoms with E-state index in [9.17, 15) is 0 Å². The van der Waals surface area contributed by atoms with Gasteiger partial charge in [0.2, 0.25) is 0 Å². The van der Waals surface area contributed by atoms with Gasteiger partial charge in [-0.2, -0.15) is 0 Å². The summed E-state index contributed by atoms with van der Waals surface area (Å²) in [6.45, 7) is 9.74. The van der Waals surface area contributed by atoms with Gasteiger partial charge in [0.25, 0.3) is 0 Å². The van der Waals surface area contributed by atoms with Crippen molar-refractivity contribution in [1.29, 1.82) is 0 Å². The molecule has 114 valence electrons. The van der Waals surface area contributed by atoms with E-state index in [1.807, 2.05) is 0 Å². The molecule has 4 atom stereocenters. The first-order chi connectivity index (χ1) is 9.13. The van der Waals surface area contributed by atoms with Crippen LogP contribution in [0.2, 0.25) is 0 Å². The Kier molecular flexibility index (Phi) is 8.83. The summed E-state index contributed by atoms with van der Waals surface area (Å²) in [5.41, 5.74) is 0. The second kappa shape index (κ2) is 9.83. The van der Waals surface area contributed by atoms with Crippen LogP contribution in [0.15, 0.2) is 0 Å². The van der Waals surface area contributed by atoms with Gasteiger partial charge < -0.3 is 0 Å². The molecule has 0 saturated heterocycles. The lowest BCUT2D eigenvalue weighted by Gasteiger charge is -2.31. The summed E-state index contributed by atoms with van der Waals surface area (Å²) in [7, 11) is 0. The predicted octanol–water partition coefficient (Wildman–Crippen LogP) is 6.84. The van der Waals surface area contributed by atoms with Crippen LogP contribution in [0.5, 0.6) is 0 Å². The smallest absolute Gasteiger partial charge is 0.0386 e. The Hall–Kier alpha value is 0. The third kappa shape index (κ3) is 7.37. The highest BCUT2D eigenvalue weighted by molar-refractivity contribution is 4.75. The molecule has 1 fully saturated rings. The van der Waals surface area contributed by atoms with Crippen LogP contribution in [0.4, 0.5) is 0 Å². The highest BCUT2D eigenvalue weighted by Gasteiger charge is 2.23. The maximum atomic E-state index is 2.52. The molecule has 0 spiro atoms. The molecule has 0 aromatic rings. The Morgan fingerprint density at radius 2 is 1.68 bits per heavy atom. The first-order valence-corrected chi connectivity index (χ1v) is 9.13. The zero-order valence-corrected chi connectivity index (χ0v) is 14.1. The summed E-state index contributed by atoms with van der Waals surface area (Å²) in [6, 6.07) is 0. The Labute approximate surface area is 122 Å². The van der Waals surface area contributed by atoms with Crippen molar-refractivity contribution in [2.75, 3.05) is 0 Å². The van der Waals surface area contributed by atoms with Crippen molar-refractivity contribution in [2.45, 2.75) is 98.3 Å². The number of unbranched alkanes of at least 4 members (excludes halogenated alkanes) is 2. The summed E-state index contributed by atoms with van der Waals surface area (Å²) < 4.78 is 0. The fourth-order valence-corrected chi connectivity index (χ4v) is 3.91. The van der Waals surface area contributed by atoms with Gasteiger partial charge >= 0.3 is 0 Å². The summed E-state index contributed by atoms with van der Waals surface area (Å²) in [5, 5.41) is 0. The molecule has 0 heteroatoms. The van der Waals surface area contributed by atoms with Gasteiger partial charge in [0.1, 0.15) is 0 Å². The van der Waals surface area contributed by atoms with Crippen molar-refractivity contribution in [3.05, 3.63) is 0 Å². The molecule has 0 aliphatic heterocycles. The number of rotatable bonds is 9. The topological polar surface area (TPSA) is 0 Å². The lowest BCUT2D eigenvalue weighted by atomic mass is 9.75. The molecule has 0 nitrogen and oxygen atoms in total. The molecule has 0 aromatic heterocycles. The van der Waals surface area contributed by atoms with E-state index in [1.54, 1.807) is 0 Å². The van der Waals surface area contributed by atoms with Crippen molar-refractivity contribution in [1.82, 2.24) is 0 Å². The maximum Gasteiger partial charge on any atom is -0.0386 e. The molecule has 4 unspecified atom stereocenters. The second-order valence-corrected chi connectivity index (χ2v) is 7.54. The van der Waals surface area contributed by atoms with Gasteiger partial charge in [0, 0.05) is 0 Å². The van der Waals surface area contributed by atoms with E-state index >= 15 is 0 Å². The fraction of sp³-hybridized carbons (Fsp3) is 1.00. The Balaban J connectivity index is 2.07. The Morgan fingerprint density at radius 3 is 2.37 bits per heavy atom. The van der Waals surface area contributed by atoms with Crippen molar-refractivity contribution in [2.24, 2.45) is 23.7 Å². The highest BCUT2D eigenvalue weighted by atomic mass is 14.3. The normalized spacial score (nSPS) is 27.2. The fourth-order valence-electron chi connectivity index (χ4n) is 3.91. The standard InChI is InChI=1S/C19H38/c1-5-6-7-10-16(2)11-8-13-18(4)19-14-9-12-17(3)15-19/h16-19H,5-15H2,1-4H3. The van der Waals surface area contributed by atoms with Crippen molar-refractivity contribution >= 4 is 0 Å². The molecule has 0 bridgehead atoms. The highest BCUT2D eigenvalue weighted by Crippen LogP contribution is 2.35. The molecule has 19 heavy (non-hydrogen) atoms. The molecule has 0 aromatic carbocycles. The second-order valence-electron chi connectivity index (χ2n) is 7.54. The Bertz CT molecular complexity index is 208. The summed E-state index contributed by atoms with van der Waals surface area (Å²) in [6.07, 6.45) is 16.1. The molecule has 0 amide bonds. The van der Waals surface area contributed by atoms with Crippen LogP contribution < -0.4 is 0 Å². The molecule has 0 heterocycles. The molecular formula is C19H38. The van der Waals surface area contributed by atoms with Crippen molar-refractivity contribution in [3.8, 4) is 0 Å². The number of hydrogen-bond acceptors (Lipinski definition) is 0. The molecule has 1 saturated carbocycles. The minimum absolute atomic E-state index is 0.962. The maximum absolute atomic E-state index is 2.52. The third-order valence-corrected chi connectivity index (χ3v) is 5.44. The minimum Gasteiger partial charge on any atom is -0.0654 e. The van der Waals surface area contributed by atoms with Crippen LogP contribution >= 0.6 is 0 Å². The third-order valence-electron chi connectivity index (χ3n) is 5.44. The van der Waals surface area contributed by atoms with Crippen molar-refractivity contribution < 1.29 is 0 Å². The average Bonchev–Trinajstić information content (AvgIpc) is 2.39. The molecule has 1 rings (SSSR count). The zero-order valence-electron chi connectivity index (χ0n) is 14.1. The molecule has 1 aliphatic rings. The van der Waals surface area contributed by atoms with Gasteiger partial charge in [0.05, 0.1) is 0 Å². The van der Waals surface area contributed by atoms with Gasteiger partial charge in [-0.1, -0.05) is 91.9 Å². The van der Waals surface area contributed by atoms with E-state index in [4.69, 9.17) is 0 Å². The first-order valence-electron chi connectivity index (χ1n) is 9.13. The first kappa shape index (κ1) is 17.1. The lowest BCUT2D eigenvalue weighted by Crippen LogP contribution is -2.19. The minimum atomic E-state index is 0.962. The summed E-state index contributed by atoms with van der Waals surface area (Å²) >= 11 is 0. The molecule has 0 N–H and O–H groups in total. The van der Waals surface area contributed by atoms with E-state index in [1.165, 1.54) is 70.6 Å². The summed E-state index contributed by atoms with van der Waals surface area (Å²) in [4.78, 5) is 0. The van der Waals surface area contributed by atoms with Crippen LogP contribution in [0.25, 0.3) is 0 Å². The zero-order chi connectivity index (χ0) is 14.1. The van der Waals surface area contributed by atoms with E-state index in [0.717, 1.165) is 23.7 Å². The van der Waals surface area contributed by atoms with Crippen LogP contribution in [0.3, 0.4) is 0 Å². The molecule has 0 radical (unpaired) electrons. The van der Waals surface area contributed by atoms with E-state index in [-0.39, 0.29) is 0 Å². The van der Waals surface area contributed by atoms with Crippen LogP contribution in [0, 0.1) is 23.7 Å². The monoisotopic (exact) mass is 266 g/mol. The Morgan fingerprint density at radius 1 is 0.947 bits per heavy atom. The van der Waals surface area contributed by atoms with Crippen LogP contribution in [-0.2, 0) is 0 Å².